The van der Waals surface area contributed by atoms with Gasteiger partial charge in [0, 0.05) is 50.9 Å². The first-order valence-corrected chi connectivity index (χ1v) is 8.95. The van der Waals surface area contributed by atoms with Crippen molar-refractivity contribution in [2.75, 3.05) is 34.0 Å². The number of H-pyrrole nitrogens is 1. The average molecular weight is 389 g/mol. The lowest BCUT2D eigenvalue weighted by atomic mass is 10.00. The highest BCUT2D eigenvalue weighted by Crippen LogP contribution is 2.39. The number of aromatic carboxylic acids is 1. The Bertz CT molecular complexity index is 920. The van der Waals surface area contributed by atoms with Crippen LogP contribution >= 0.6 is 0 Å². The minimum Gasteiger partial charge on any atom is -0.493 e. The topological polar surface area (TPSA) is 107 Å². The van der Waals surface area contributed by atoms with Crippen LogP contribution in [0.5, 0.6) is 11.5 Å². The summed E-state index contributed by atoms with van der Waals surface area (Å²) in [5, 5.41) is 9.21. The molecule has 1 aromatic heterocycles. The van der Waals surface area contributed by atoms with Gasteiger partial charge in [-0.3, -0.25) is 4.79 Å². The molecule has 0 saturated heterocycles. The smallest absolute Gasteiger partial charge is 0.341 e. The second-order valence-electron chi connectivity index (χ2n) is 6.40. The van der Waals surface area contributed by atoms with Crippen molar-refractivity contribution in [3.8, 4) is 22.8 Å². The van der Waals surface area contributed by atoms with Crippen LogP contribution in [0.4, 0.5) is 0 Å². The van der Waals surface area contributed by atoms with E-state index in [4.69, 9.17) is 18.9 Å². The third kappa shape index (κ3) is 4.18. The van der Waals surface area contributed by atoms with E-state index in [2.05, 4.69) is 4.98 Å². The molecule has 0 amide bonds. The summed E-state index contributed by atoms with van der Waals surface area (Å²) in [4.78, 5) is 26.2. The van der Waals surface area contributed by atoms with E-state index >= 15 is 0 Å². The van der Waals surface area contributed by atoms with E-state index in [1.54, 1.807) is 20.3 Å². The van der Waals surface area contributed by atoms with E-state index in [1.807, 2.05) is 6.07 Å². The van der Waals surface area contributed by atoms with Gasteiger partial charge in [0.1, 0.15) is 17.1 Å². The van der Waals surface area contributed by atoms with Crippen molar-refractivity contribution in [1.29, 1.82) is 0 Å². The molecule has 1 aliphatic rings. The lowest BCUT2D eigenvalue weighted by molar-refractivity contribution is 0.0695. The van der Waals surface area contributed by atoms with Crippen LogP contribution in [0.15, 0.2) is 23.0 Å². The number of carboxylic acids is 1. The monoisotopic (exact) mass is 389 g/mol. The van der Waals surface area contributed by atoms with Crippen LogP contribution in [0, 0.1) is 0 Å². The zero-order valence-electron chi connectivity index (χ0n) is 15.9. The summed E-state index contributed by atoms with van der Waals surface area (Å²) in [5.74, 6) is -0.0435. The van der Waals surface area contributed by atoms with Crippen LogP contribution < -0.4 is 15.0 Å². The van der Waals surface area contributed by atoms with E-state index in [-0.39, 0.29) is 5.56 Å². The fourth-order valence-electron chi connectivity index (χ4n) is 3.15. The van der Waals surface area contributed by atoms with Gasteiger partial charge in [-0.1, -0.05) is 0 Å². The molecule has 8 nitrogen and oxygen atoms in total. The third-order valence-electron chi connectivity index (χ3n) is 4.46. The van der Waals surface area contributed by atoms with Crippen molar-refractivity contribution >= 4 is 5.97 Å². The molecule has 1 aromatic carbocycles. The standard InChI is InChI=1S/C20H23NO7/c1-25-5-3-6-27-16-10-17-14(9-13(16)11-26-2)18-12(4-7-28-17)8-15(20(23)24)19(22)21-18/h8-10H,3-7,11H2,1-2H3,(H,21,22)(H,23,24). The fraction of sp³-hybridized carbons (Fsp3) is 0.400. The van der Waals surface area contributed by atoms with Crippen molar-refractivity contribution < 1.29 is 28.8 Å². The molecule has 0 aliphatic carbocycles. The molecule has 0 atom stereocenters. The molecule has 150 valence electrons. The molecular weight excluding hydrogens is 366 g/mol. The Balaban J connectivity index is 2.05. The van der Waals surface area contributed by atoms with Crippen LogP contribution in [-0.4, -0.2) is 50.1 Å². The van der Waals surface area contributed by atoms with Crippen molar-refractivity contribution in [1.82, 2.24) is 4.98 Å². The molecule has 2 N–H and O–H groups in total. The van der Waals surface area contributed by atoms with Crippen molar-refractivity contribution in [3.63, 3.8) is 0 Å². The van der Waals surface area contributed by atoms with Gasteiger partial charge in [0.2, 0.25) is 0 Å². The molecule has 2 heterocycles. The zero-order valence-corrected chi connectivity index (χ0v) is 15.9. The van der Waals surface area contributed by atoms with Gasteiger partial charge in [-0.15, -0.1) is 0 Å². The number of carboxylic acid groups (broad SMARTS) is 1. The molecular formula is C20H23NO7. The van der Waals surface area contributed by atoms with Crippen molar-refractivity contribution in [2.24, 2.45) is 0 Å². The number of ether oxygens (including phenoxy) is 4. The SMILES string of the molecule is COCCCOc1cc2c(cc1COC)-c1[nH]c(=O)c(C(=O)O)cc1CCO2. The number of hydrogen-bond donors (Lipinski definition) is 2. The van der Waals surface area contributed by atoms with E-state index in [0.717, 1.165) is 12.0 Å². The molecule has 2 aromatic rings. The van der Waals surface area contributed by atoms with E-state index < -0.39 is 11.5 Å². The van der Waals surface area contributed by atoms with Gasteiger partial charge in [0.15, 0.2) is 0 Å². The molecule has 0 saturated carbocycles. The largest absolute Gasteiger partial charge is 0.493 e. The Labute approximate surface area is 162 Å². The van der Waals surface area contributed by atoms with E-state index in [1.165, 1.54) is 6.07 Å². The molecule has 0 unspecified atom stereocenters. The molecule has 8 heteroatoms. The normalized spacial score (nSPS) is 12.5. The average Bonchev–Trinajstić information content (AvgIpc) is 2.83. The molecule has 0 radical (unpaired) electrons. The predicted octanol–water partition coefficient (Wildman–Crippen LogP) is 2.24. The van der Waals surface area contributed by atoms with Crippen LogP contribution in [-0.2, 0) is 22.5 Å². The Morgan fingerprint density at radius 2 is 2.04 bits per heavy atom. The molecule has 1 aliphatic heterocycles. The number of aromatic nitrogens is 1. The fourth-order valence-corrected chi connectivity index (χ4v) is 3.15. The summed E-state index contributed by atoms with van der Waals surface area (Å²) in [6.45, 7) is 1.76. The number of rotatable bonds is 8. The number of pyridine rings is 1. The molecule has 0 fully saturated rings. The molecule has 0 spiro atoms. The zero-order chi connectivity index (χ0) is 20.1. The maximum Gasteiger partial charge on any atom is 0.341 e. The quantitative estimate of drug-likeness (QED) is 0.667. The number of hydrogen-bond acceptors (Lipinski definition) is 6. The van der Waals surface area contributed by atoms with E-state index in [9.17, 15) is 14.7 Å². The van der Waals surface area contributed by atoms with Crippen LogP contribution in [0.1, 0.15) is 27.9 Å². The second-order valence-corrected chi connectivity index (χ2v) is 6.40. The van der Waals surface area contributed by atoms with Gasteiger partial charge in [-0.05, 0) is 17.7 Å². The first-order valence-electron chi connectivity index (χ1n) is 8.95. The van der Waals surface area contributed by atoms with Gasteiger partial charge < -0.3 is 29.0 Å². The van der Waals surface area contributed by atoms with Crippen LogP contribution in [0.2, 0.25) is 0 Å². The van der Waals surface area contributed by atoms with Crippen molar-refractivity contribution in [2.45, 2.75) is 19.4 Å². The van der Waals surface area contributed by atoms with Gasteiger partial charge in [-0.25, -0.2) is 4.79 Å². The van der Waals surface area contributed by atoms with Gasteiger partial charge in [0.25, 0.3) is 5.56 Å². The minimum absolute atomic E-state index is 0.280. The second kappa shape index (κ2) is 8.90. The van der Waals surface area contributed by atoms with Gasteiger partial charge >= 0.3 is 5.97 Å². The Kier molecular flexibility index (Phi) is 6.33. The number of carbonyl (C=O) groups is 1. The van der Waals surface area contributed by atoms with Gasteiger partial charge in [0.05, 0.1) is 25.5 Å². The number of methoxy groups -OCH3 is 2. The number of aromatic amines is 1. The summed E-state index contributed by atoms with van der Waals surface area (Å²) in [5.41, 5.74) is 1.83. The third-order valence-corrected chi connectivity index (χ3v) is 4.46. The summed E-state index contributed by atoms with van der Waals surface area (Å²) in [6, 6.07) is 5.06. The number of fused-ring (bicyclic) bond motifs is 3. The highest BCUT2D eigenvalue weighted by molar-refractivity contribution is 5.88. The Hall–Kier alpha value is -2.84. The summed E-state index contributed by atoms with van der Waals surface area (Å²) in [6.07, 6.45) is 1.22. The predicted molar refractivity (Wildman–Crippen MR) is 101 cm³/mol. The highest BCUT2D eigenvalue weighted by Gasteiger charge is 2.22. The van der Waals surface area contributed by atoms with Crippen molar-refractivity contribution in [3.05, 3.63) is 45.2 Å². The van der Waals surface area contributed by atoms with Crippen LogP contribution in [0.25, 0.3) is 11.3 Å². The van der Waals surface area contributed by atoms with Crippen LogP contribution in [0.3, 0.4) is 0 Å². The highest BCUT2D eigenvalue weighted by atomic mass is 16.5. The molecule has 0 bridgehead atoms. The Morgan fingerprint density at radius 1 is 1.21 bits per heavy atom. The summed E-state index contributed by atoms with van der Waals surface area (Å²) in [7, 11) is 3.23. The van der Waals surface area contributed by atoms with E-state index in [0.29, 0.717) is 61.2 Å². The lowest BCUT2D eigenvalue weighted by Gasteiger charge is -2.16. The molecule has 28 heavy (non-hydrogen) atoms. The number of nitrogens with one attached hydrogen (secondary N) is 1. The lowest BCUT2D eigenvalue weighted by Crippen LogP contribution is -2.19. The minimum atomic E-state index is -1.26. The first kappa shape index (κ1) is 19.9. The Morgan fingerprint density at radius 3 is 2.75 bits per heavy atom. The number of benzene rings is 1. The maximum absolute atomic E-state index is 12.2. The maximum atomic E-state index is 12.2. The summed E-state index contributed by atoms with van der Waals surface area (Å²) >= 11 is 0. The summed E-state index contributed by atoms with van der Waals surface area (Å²) < 4.78 is 22.1. The molecule has 3 rings (SSSR count). The first-order chi connectivity index (χ1) is 13.5. The van der Waals surface area contributed by atoms with Gasteiger partial charge in [-0.2, -0.15) is 0 Å².